The zero-order chi connectivity index (χ0) is 19.7. The maximum atomic E-state index is 12.7. The van der Waals surface area contributed by atoms with Gasteiger partial charge in [-0.3, -0.25) is 14.2 Å². The van der Waals surface area contributed by atoms with Gasteiger partial charge in [0.2, 0.25) is 5.91 Å². The SMILES string of the molecule is Cc1sc2ncn(CC(=O)Nc3ccc(N4CCOCC4)nc3)c(=O)c2c1C. The van der Waals surface area contributed by atoms with E-state index in [0.29, 0.717) is 29.1 Å². The fraction of sp³-hybridized carbons (Fsp3) is 0.368. The molecule has 0 atom stereocenters. The number of pyridine rings is 1. The van der Waals surface area contributed by atoms with Crippen LogP contribution in [0.5, 0.6) is 0 Å². The summed E-state index contributed by atoms with van der Waals surface area (Å²) in [6.45, 7) is 6.76. The van der Waals surface area contributed by atoms with E-state index in [1.165, 1.54) is 22.2 Å². The molecule has 0 aliphatic carbocycles. The van der Waals surface area contributed by atoms with Gasteiger partial charge in [0.25, 0.3) is 5.56 Å². The van der Waals surface area contributed by atoms with E-state index < -0.39 is 0 Å². The van der Waals surface area contributed by atoms with E-state index in [0.717, 1.165) is 29.3 Å². The highest BCUT2D eigenvalue weighted by molar-refractivity contribution is 7.18. The van der Waals surface area contributed by atoms with Crippen molar-refractivity contribution in [3.05, 3.63) is 45.5 Å². The quantitative estimate of drug-likeness (QED) is 0.721. The van der Waals surface area contributed by atoms with Crippen molar-refractivity contribution in [2.24, 2.45) is 0 Å². The third-order valence-electron chi connectivity index (χ3n) is 4.84. The molecule has 1 aliphatic heterocycles. The Kier molecular flexibility index (Phi) is 5.10. The average Bonchev–Trinajstić information content (AvgIpc) is 3.00. The summed E-state index contributed by atoms with van der Waals surface area (Å²) < 4.78 is 6.68. The van der Waals surface area contributed by atoms with E-state index in [4.69, 9.17) is 4.74 Å². The summed E-state index contributed by atoms with van der Waals surface area (Å²) in [7, 11) is 0. The topological polar surface area (TPSA) is 89.3 Å². The van der Waals surface area contributed by atoms with E-state index in [9.17, 15) is 9.59 Å². The van der Waals surface area contributed by atoms with Crippen LogP contribution >= 0.6 is 11.3 Å². The predicted octanol–water partition coefficient (Wildman–Crippen LogP) is 1.95. The number of ether oxygens (including phenoxy) is 1. The number of anilines is 2. The summed E-state index contributed by atoms with van der Waals surface area (Å²) in [6, 6.07) is 3.69. The van der Waals surface area contributed by atoms with Crippen molar-refractivity contribution < 1.29 is 9.53 Å². The highest BCUT2D eigenvalue weighted by atomic mass is 32.1. The Labute approximate surface area is 165 Å². The van der Waals surface area contributed by atoms with Crippen LogP contribution in [-0.4, -0.2) is 46.7 Å². The molecule has 146 valence electrons. The van der Waals surface area contributed by atoms with Crippen molar-refractivity contribution in [2.45, 2.75) is 20.4 Å². The van der Waals surface area contributed by atoms with Crippen molar-refractivity contribution in [2.75, 3.05) is 36.5 Å². The molecule has 1 saturated heterocycles. The van der Waals surface area contributed by atoms with Crippen LogP contribution in [0.2, 0.25) is 0 Å². The number of nitrogens with zero attached hydrogens (tertiary/aromatic N) is 4. The molecule has 1 fully saturated rings. The van der Waals surface area contributed by atoms with Gasteiger partial charge < -0.3 is 15.0 Å². The third kappa shape index (κ3) is 3.63. The Morgan fingerprint density at radius 2 is 2.04 bits per heavy atom. The van der Waals surface area contributed by atoms with Gasteiger partial charge in [0.05, 0.1) is 36.8 Å². The molecule has 0 saturated carbocycles. The molecule has 1 amide bonds. The average molecular weight is 399 g/mol. The third-order valence-corrected chi connectivity index (χ3v) is 5.95. The molecule has 3 aromatic heterocycles. The maximum Gasteiger partial charge on any atom is 0.262 e. The van der Waals surface area contributed by atoms with Crippen LogP contribution in [0.3, 0.4) is 0 Å². The molecule has 0 unspecified atom stereocenters. The number of amides is 1. The van der Waals surface area contributed by atoms with E-state index in [-0.39, 0.29) is 18.0 Å². The van der Waals surface area contributed by atoms with Crippen molar-refractivity contribution in [3.63, 3.8) is 0 Å². The Balaban J connectivity index is 1.46. The molecule has 28 heavy (non-hydrogen) atoms. The molecule has 8 nitrogen and oxygen atoms in total. The van der Waals surface area contributed by atoms with Crippen molar-refractivity contribution >= 4 is 39.0 Å². The van der Waals surface area contributed by atoms with Crippen LogP contribution in [0.1, 0.15) is 10.4 Å². The lowest BCUT2D eigenvalue weighted by Gasteiger charge is -2.27. The largest absolute Gasteiger partial charge is 0.378 e. The molecule has 0 bridgehead atoms. The van der Waals surface area contributed by atoms with Crippen LogP contribution in [0.4, 0.5) is 11.5 Å². The normalized spacial score (nSPS) is 14.4. The van der Waals surface area contributed by atoms with Gasteiger partial charge >= 0.3 is 0 Å². The van der Waals surface area contributed by atoms with Gasteiger partial charge in [0.15, 0.2) is 0 Å². The smallest absolute Gasteiger partial charge is 0.262 e. The number of carbonyl (C=O) groups excluding carboxylic acids is 1. The predicted molar refractivity (Wildman–Crippen MR) is 109 cm³/mol. The lowest BCUT2D eigenvalue weighted by atomic mass is 10.2. The standard InChI is InChI=1S/C19H21N5O3S/c1-12-13(2)28-18-17(12)19(26)24(11-21-18)10-16(25)22-14-3-4-15(20-9-14)23-5-7-27-8-6-23/h3-4,9,11H,5-8,10H2,1-2H3,(H,22,25). The van der Waals surface area contributed by atoms with Gasteiger partial charge in [-0.05, 0) is 31.5 Å². The number of nitrogens with one attached hydrogen (secondary N) is 1. The summed E-state index contributed by atoms with van der Waals surface area (Å²) in [5.74, 6) is 0.559. The Morgan fingerprint density at radius 1 is 1.25 bits per heavy atom. The van der Waals surface area contributed by atoms with Gasteiger partial charge in [-0.15, -0.1) is 11.3 Å². The van der Waals surface area contributed by atoms with Gasteiger partial charge in [-0.2, -0.15) is 0 Å². The number of rotatable bonds is 4. The van der Waals surface area contributed by atoms with E-state index >= 15 is 0 Å². The first-order valence-corrected chi connectivity index (χ1v) is 9.88. The molecule has 3 aromatic rings. The Bertz CT molecular complexity index is 1070. The molecule has 4 rings (SSSR count). The summed E-state index contributed by atoms with van der Waals surface area (Å²) in [6.07, 6.45) is 3.05. The van der Waals surface area contributed by atoms with Gasteiger partial charge in [0, 0.05) is 18.0 Å². The number of carbonyl (C=O) groups is 1. The van der Waals surface area contributed by atoms with E-state index in [2.05, 4.69) is 20.2 Å². The summed E-state index contributed by atoms with van der Waals surface area (Å²) >= 11 is 1.49. The summed E-state index contributed by atoms with van der Waals surface area (Å²) in [4.78, 5) is 37.7. The minimum Gasteiger partial charge on any atom is -0.378 e. The zero-order valence-electron chi connectivity index (χ0n) is 15.8. The molecule has 1 aliphatic rings. The molecule has 0 aromatic carbocycles. The number of aryl methyl sites for hydroxylation is 2. The Hall–Kier alpha value is -2.78. The number of hydrogen-bond acceptors (Lipinski definition) is 7. The van der Waals surface area contributed by atoms with Crippen LogP contribution in [0, 0.1) is 13.8 Å². The lowest BCUT2D eigenvalue weighted by molar-refractivity contribution is -0.116. The first-order chi connectivity index (χ1) is 13.5. The van der Waals surface area contributed by atoms with Crippen molar-refractivity contribution in [1.29, 1.82) is 0 Å². The molecule has 1 N–H and O–H groups in total. The van der Waals surface area contributed by atoms with E-state index in [1.54, 1.807) is 6.20 Å². The lowest BCUT2D eigenvalue weighted by Crippen LogP contribution is -2.36. The van der Waals surface area contributed by atoms with Crippen LogP contribution in [0.15, 0.2) is 29.5 Å². The second kappa shape index (κ2) is 7.69. The second-order valence-corrected chi connectivity index (χ2v) is 7.90. The van der Waals surface area contributed by atoms with E-state index in [1.807, 2.05) is 26.0 Å². The fourth-order valence-electron chi connectivity index (χ4n) is 3.18. The number of fused-ring (bicyclic) bond motifs is 1. The second-order valence-electron chi connectivity index (χ2n) is 6.69. The van der Waals surface area contributed by atoms with Gasteiger partial charge in [-0.25, -0.2) is 9.97 Å². The van der Waals surface area contributed by atoms with Crippen molar-refractivity contribution in [3.8, 4) is 0 Å². The number of aromatic nitrogens is 3. The minimum atomic E-state index is -0.297. The van der Waals surface area contributed by atoms with Crippen LogP contribution in [0.25, 0.3) is 10.2 Å². The maximum absolute atomic E-state index is 12.7. The molecular formula is C19H21N5O3S. The number of morpholine rings is 1. The first kappa shape index (κ1) is 18.6. The minimum absolute atomic E-state index is 0.0959. The zero-order valence-corrected chi connectivity index (χ0v) is 16.6. The monoisotopic (exact) mass is 399 g/mol. The fourth-order valence-corrected chi connectivity index (χ4v) is 4.16. The van der Waals surface area contributed by atoms with Crippen LogP contribution < -0.4 is 15.8 Å². The number of hydrogen-bond donors (Lipinski definition) is 1. The molecule has 9 heteroatoms. The molecule has 4 heterocycles. The highest BCUT2D eigenvalue weighted by Crippen LogP contribution is 2.25. The highest BCUT2D eigenvalue weighted by Gasteiger charge is 2.15. The molecule has 0 spiro atoms. The molecule has 0 radical (unpaired) electrons. The summed E-state index contributed by atoms with van der Waals surface area (Å²) in [5.41, 5.74) is 1.32. The van der Waals surface area contributed by atoms with Gasteiger partial charge in [-0.1, -0.05) is 0 Å². The number of thiophene rings is 1. The van der Waals surface area contributed by atoms with Gasteiger partial charge in [0.1, 0.15) is 17.2 Å². The first-order valence-electron chi connectivity index (χ1n) is 9.06. The summed E-state index contributed by atoms with van der Waals surface area (Å²) in [5, 5.41) is 3.38. The van der Waals surface area contributed by atoms with Crippen LogP contribution in [-0.2, 0) is 16.1 Å². The molecular weight excluding hydrogens is 378 g/mol. The Morgan fingerprint density at radius 3 is 2.75 bits per heavy atom. The van der Waals surface area contributed by atoms with Crippen molar-refractivity contribution in [1.82, 2.24) is 14.5 Å².